The molecule has 9 nitrogen and oxygen atoms in total. The molecule has 15 heteroatoms. The SMILES string of the molecule is CCC(CC/C=C\CCCCCCC/C=C\CCCC(=O)O)O[Si](c1ccccc1)(c1ccccc1)C(C)(C)C.CCC(CC/C=C\CCCCCCC/C=C\CCCC=O)O[Si](c1ccccc1)(c1ccccc1)C(C)(C)C.O=[P+]=O.[H-].[Na+].[Na+].[O-][Cl+][O-]. The predicted molar refractivity (Wildman–Crippen MR) is 356 cm³/mol. The van der Waals surface area contributed by atoms with E-state index in [9.17, 15) is 9.59 Å². The van der Waals surface area contributed by atoms with Crippen molar-refractivity contribution in [2.75, 3.05) is 0 Å². The standard InChI is InChI=1S/C36H54O3Si.C36H54O2Si.ClO2.2Na.O2P.H/c1-5-32(26-20-16-14-12-10-8-6-7-9-11-13-15-17-25-31-35(37)38)39-40(36(2,3)4,33-27-21-18-22-28-33)34-29-23-19-24-30-34;1-5-33(27-21-17-15-13-11-9-7-6-8-10-12-14-16-18-26-32-37)38-39(36(2,3)4,34-28-22-19-23-29-34)35-30-24-20-25-31-35;2-1-3;;;1-3-2;/h13-16,18-19,21-24,27-30,32H,5-12,17,20,25-26,31H2,1-4H3,(H,37,38);12,14-15,17,19-20,22-25,28-33H,5-11,13,16,18,21,26-27H2,1-4H3;;;;;/q;;-1;3*+1;-1/b15-13-,16-14-;14-12-,17-15-;;;;;. The molecule has 4 aromatic rings. The van der Waals surface area contributed by atoms with Crippen LogP contribution in [0.2, 0.25) is 10.1 Å². The second-order valence-electron chi connectivity index (χ2n) is 23.9. The van der Waals surface area contributed by atoms with E-state index < -0.39 is 42.3 Å². The minimum absolute atomic E-state index is 0. The zero-order valence-electron chi connectivity index (χ0n) is 56.3. The first-order valence-electron chi connectivity index (χ1n) is 31.8. The molecule has 0 radical (unpaired) electrons. The fraction of sp³-hybridized carbons (Fsp3) is 0.528. The molecule has 4 aromatic carbocycles. The molecule has 0 saturated heterocycles. The summed E-state index contributed by atoms with van der Waals surface area (Å²) in [5, 5.41) is 14.1. The van der Waals surface area contributed by atoms with E-state index in [1.807, 2.05) is 0 Å². The second-order valence-corrected chi connectivity index (χ2v) is 32.7. The Kier molecular flexibility index (Phi) is 55.0. The van der Waals surface area contributed by atoms with Crippen LogP contribution in [-0.4, -0.2) is 46.2 Å². The molecular weight excluding hydrogens is 1180 g/mol. The third kappa shape index (κ3) is 37.0. The van der Waals surface area contributed by atoms with Gasteiger partial charge in [0.15, 0.2) is 0 Å². The van der Waals surface area contributed by atoms with Crippen molar-refractivity contribution >= 4 is 58.0 Å². The summed E-state index contributed by atoms with van der Waals surface area (Å²) in [5.74, 6) is -0.700. The summed E-state index contributed by atoms with van der Waals surface area (Å²) in [6.07, 6.45) is 48.3. The van der Waals surface area contributed by atoms with Crippen LogP contribution < -0.4 is 89.2 Å². The molecule has 0 aromatic heterocycles. The molecule has 0 saturated carbocycles. The van der Waals surface area contributed by atoms with Gasteiger partial charge >= 0.3 is 82.6 Å². The number of carbonyl (C=O) groups excluding carboxylic acids is 1. The molecule has 0 heterocycles. The topological polar surface area (TPSA) is 153 Å². The number of allylic oxidation sites excluding steroid dienone is 8. The first-order valence-corrected chi connectivity index (χ1v) is 36.9. The Morgan fingerprint density at radius 3 is 0.954 bits per heavy atom. The van der Waals surface area contributed by atoms with Crippen LogP contribution in [0.5, 0.6) is 0 Å². The van der Waals surface area contributed by atoms with Crippen molar-refractivity contribution < 1.29 is 114 Å². The number of aliphatic carboxylic acids is 1. The van der Waals surface area contributed by atoms with Crippen molar-refractivity contribution in [2.24, 2.45) is 0 Å². The molecular formula is C72H109ClNa2O9PSi2+. The molecule has 0 bridgehead atoms. The molecule has 2 unspecified atom stereocenters. The first kappa shape index (κ1) is 86.6. The molecule has 0 aliphatic heterocycles. The number of hydrogen-bond donors (Lipinski definition) is 1. The van der Waals surface area contributed by atoms with Crippen molar-refractivity contribution in [3.63, 3.8) is 0 Å². The predicted octanol–water partition coefficient (Wildman–Crippen LogP) is 10.9. The summed E-state index contributed by atoms with van der Waals surface area (Å²) in [4.78, 5) is 20.8. The Hall–Kier alpha value is -2.43. The summed E-state index contributed by atoms with van der Waals surface area (Å²) in [6.45, 7) is 18.7. The maximum atomic E-state index is 10.5. The van der Waals surface area contributed by atoms with Crippen molar-refractivity contribution in [1.29, 1.82) is 0 Å². The maximum absolute atomic E-state index is 10.5. The molecule has 0 amide bonds. The number of halogens is 1. The number of aldehydes is 1. The Morgan fingerprint density at radius 1 is 0.471 bits per heavy atom. The third-order valence-electron chi connectivity index (χ3n) is 15.3. The van der Waals surface area contributed by atoms with Gasteiger partial charge in [-0.2, -0.15) is 0 Å². The van der Waals surface area contributed by atoms with Gasteiger partial charge in [0, 0.05) is 25.0 Å². The molecule has 0 spiro atoms. The molecule has 0 aliphatic rings. The quantitative estimate of drug-likeness (QED) is 0.0151. The maximum Gasteiger partial charge on any atom is 1.00 e. The van der Waals surface area contributed by atoms with E-state index in [2.05, 4.69) is 225 Å². The summed E-state index contributed by atoms with van der Waals surface area (Å²) in [5.41, 5.74) is 0. The van der Waals surface area contributed by atoms with Gasteiger partial charge in [-0.25, -0.2) is 0 Å². The molecule has 0 aliphatic carbocycles. The second kappa shape index (κ2) is 55.2. The number of hydrogen-bond acceptors (Lipinski definition) is 8. The summed E-state index contributed by atoms with van der Waals surface area (Å²) in [7, 11) is -6.06. The van der Waals surface area contributed by atoms with Crippen LogP contribution in [0.1, 0.15) is 224 Å². The van der Waals surface area contributed by atoms with Gasteiger partial charge in [-0.15, -0.1) is 0 Å². The van der Waals surface area contributed by atoms with E-state index in [1.54, 1.807) is 0 Å². The van der Waals surface area contributed by atoms with Gasteiger partial charge in [-0.05, 0) is 146 Å². The Labute approximate surface area is 581 Å². The summed E-state index contributed by atoms with van der Waals surface area (Å²) in [6, 6.07) is 43.9. The van der Waals surface area contributed by atoms with Crippen LogP contribution in [0.25, 0.3) is 0 Å². The number of carboxylic acids is 1. The molecule has 2 atom stereocenters. The molecule has 472 valence electrons. The largest absolute Gasteiger partial charge is 1.00 e. The van der Waals surface area contributed by atoms with Crippen LogP contribution in [0.3, 0.4) is 0 Å². The fourth-order valence-electron chi connectivity index (χ4n) is 10.9. The number of carbonyl (C=O) groups is 2. The van der Waals surface area contributed by atoms with Crippen LogP contribution in [0, 0.1) is 11.3 Å². The average Bonchev–Trinajstić information content (AvgIpc) is 0.831. The summed E-state index contributed by atoms with van der Waals surface area (Å²) >= 11 is -0.417. The molecule has 87 heavy (non-hydrogen) atoms. The van der Waals surface area contributed by atoms with Crippen LogP contribution >= 0.6 is 8.34 Å². The van der Waals surface area contributed by atoms with Gasteiger partial charge in [0.2, 0.25) is 0 Å². The van der Waals surface area contributed by atoms with Gasteiger partial charge in [0.1, 0.15) is 6.29 Å². The zero-order valence-corrected chi connectivity index (χ0v) is 63.0. The van der Waals surface area contributed by atoms with Crippen LogP contribution in [-0.2, 0) is 27.6 Å². The Morgan fingerprint density at radius 2 is 0.713 bits per heavy atom. The number of unbranched alkanes of at least 4 members (excludes halogenated alkanes) is 15. The third-order valence-corrected chi connectivity index (χ3v) is 25.5. The van der Waals surface area contributed by atoms with E-state index in [0.29, 0.717) is 6.42 Å². The first-order chi connectivity index (χ1) is 41.1. The van der Waals surface area contributed by atoms with Crippen LogP contribution in [0.15, 0.2) is 170 Å². The smallest absolute Gasteiger partial charge is 1.00 e. The van der Waals surface area contributed by atoms with Crippen LogP contribution in [0.4, 0.5) is 0 Å². The van der Waals surface area contributed by atoms with Crippen molar-refractivity contribution in [3.8, 4) is 0 Å². The van der Waals surface area contributed by atoms with Crippen molar-refractivity contribution in [1.82, 2.24) is 0 Å². The van der Waals surface area contributed by atoms with E-state index >= 15 is 0 Å². The number of carboxylic acid groups (broad SMARTS) is 1. The Bertz CT molecular complexity index is 2340. The van der Waals surface area contributed by atoms with Gasteiger partial charge in [0.05, 0.1) is 11.3 Å². The minimum Gasteiger partial charge on any atom is -1.00 e. The van der Waals surface area contributed by atoms with Crippen molar-refractivity contribution in [3.05, 3.63) is 170 Å². The van der Waals surface area contributed by atoms with E-state index in [1.165, 1.54) is 97.8 Å². The monoisotopic (exact) mass is 1290 g/mol. The zero-order chi connectivity index (χ0) is 62.8. The van der Waals surface area contributed by atoms with E-state index in [0.717, 1.165) is 83.3 Å². The van der Waals surface area contributed by atoms with Gasteiger partial charge in [-0.1, -0.05) is 264 Å². The van der Waals surface area contributed by atoms with E-state index in [4.69, 9.17) is 32.4 Å². The van der Waals surface area contributed by atoms with Gasteiger partial charge < -0.3 is 29.5 Å². The summed E-state index contributed by atoms with van der Waals surface area (Å²) < 4.78 is 47.8. The van der Waals surface area contributed by atoms with E-state index in [-0.39, 0.29) is 89.2 Å². The number of benzene rings is 4. The average molecular weight is 1290 g/mol. The molecule has 0 fully saturated rings. The molecule has 4 rings (SSSR count). The molecule has 1 N–H and O–H groups in total. The van der Waals surface area contributed by atoms with Gasteiger partial charge in [0.25, 0.3) is 16.6 Å². The Balaban J connectivity index is -0.00000146. The van der Waals surface area contributed by atoms with Gasteiger partial charge in [-0.3, -0.25) is 4.79 Å². The fourth-order valence-corrected chi connectivity index (χ4v) is 20.5. The number of rotatable bonds is 40. The normalized spacial score (nSPS) is 12.4. The van der Waals surface area contributed by atoms with Crippen molar-refractivity contribution in [2.45, 2.75) is 245 Å². The minimum atomic E-state index is -2.50.